The predicted molar refractivity (Wildman–Crippen MR) is 128 cm³/mol. The van der Waals surface area contributed by atoms with E-state index in [1.54, 1.807) is 0 Å². The summed E-state index contributed by atoms with van der Waals surface area (Å²) in [5.41, 5.74) is 2.91. The number of carbonyl (C=O) groups excluding carboxylic acids is 1. The number of hydrogen-bond acceptors (Lipinski definition) is 4. The zero-order chi connectivity index (χ0) is 21.8. The van der Waals surface area contributed by atoms with E-state index in [0.29, 0.717) is 12.5 Å². The van der Waals surface area contributed by atoms with Crippen LogP contribution in [-0.2, 0) is 11.3 Å². The Hall–Kier alpha value is -3.38. The smallest absolute Gasteiger partial charge is 0.242 e. The number of benzene rings is 3. The molecule has 160 valence electrons. The van der Waals surface area contributed by atoms with Crippen molar-refractivity contribution >= 4 is 23.4 Å². The summed E-state index contributed by atoms with van der Waals surface area (Å²) in [7, 11) is 0. The van der Waals surface area contributed by atoms with E-state index >= 15 is 0 Å². The van der Waals surface area contributed by atoms with E-state index in [2.05, 4.69) is 32.2 Å². The molecule has 1 atom stereocenters. The molecule has 1 aromatic heterocycles. The molecule has 0 aliphatic heterocycles. The Morgan fingerprint density at radius 2 is 1.53 bits per heavy atom. The number of hydrogen-bond donors (Lipinski definition) is 1. The van der Waals surface area contributed by atoms with Crippen molar-refractivity contribution < 1.29 is 4.79 Å². The lowest BCUT2D eigenvalue weighted by Crippen LogP contribution is -2.19. The van der Waals surface area contributed by atoms with Gasteiger partial charge >= 0.3 is 0 Å². The van der Waals surface area contributed by atoms with Gasteiger partial charge in [0.05, 0.1) is 6.54 Å². The van der Waals surface area contributed by atoms with Crippen molar-refractivity contribution in [2.24, 2.45) is 0 Å². The van der Waals surface area contributed by atoms with Gasteiger partial charge in [-0.05, 0) is 36.1 Å². The summed E-state index contributed by atoms with van der Waals surface area (Å²) >= 11 is 1.46. The summed E-state index contributed by atoms with van der Waals surface area (Å²) < 4.78 is 2.18. The third-order valence-electron chi connectivity index (χ3n) is 5.48. The molecule has 4 aromatic rings. The quantitative estimate of drug-likeness (QED) is 0.358. The molecular formula is C26H24N4OS. The molecule has 32 heavy (non-hydrogen) atoms. The van der Waals surface area contributed by atoms with Gasteiger partial charge in [-0.2, -0.15) is 0 Å². The van der Waals surface area contributed by atoms with E-state index in [4.69, 9.17) is 0 Å². The second-order valence-electron chi connectivity index (χ2n) is 7.95. The van der Waals surface area contributed by atoms with E-state index in [1.807, 2.05) is 78.9 Å². The number of nitrogens with zero attached hydrogens (tertiary/aromatic N) is 3. The van der Waals surface area contributed by atoms with Crippen molar-refractivity contribution in [1.82, 2.24) is 14.8 Å². The molecule has 0 saturated heterocycles. The minimum absolute atomic E-state index is 0.0744. The first-order chi connectivity index (χ1) is 15.8. The molecule has 5 nitrogen and oxygen atoms in total. The molecular weight excluding hydrogens is 416 g/mol. The molecule has 0 spiro atoms. The summed E-state index contributed by atoms with van der Waals surface area (Å²) in [4.78, 5) is 13.4. The maximum Gasteiger partial charge on any atom is 0.242 e. The number of nitrogens with one attached hydrogen (secondary N) is 1. The molecule has 6 heteroatoms. The predicted octanol–water partition coefficient (Wildman–Crippen LogP) is 5.68. The summed E-state index contributed by atoms with van der Waals surface area (Å²) in [6, 6.07) is 29.8. The molecule has 1 aliphatic rings. The second kappa shape index (κ2) is 9.40. The Morgan fingerprint density at radius 1 is 0.906 bits per heavy atom. The highest BCUT2D eigenvalue weighted by molar-refractivity contribution is 8.00. The van der Waals surface area contributed by atoms with Crippen LogP contribution in [0.4, 0.5) is 5.69 Å². The van der Waals surface area contributed by atoms with Gasteiger partial charge in [0.1, 0.15) is 11.1 Å². The minimum atomic E-state index is -0.442. The number of amides is 1. The molecule has 1 unspecified atom stereocenters. The highest BCUT2D eigenvalue weighted by Gasteiger charge is 2.32. The average molecular weight is 441 g/mol. The third-order valence-corrected chi connectivity index (χ3v) is 6.71. The van der Waals surface area contributed by atoms with E-state index in [0.717, 1.165) is 35.1 Å². The Balaban J connectivity index is 1.46. The monoisotopic (exact) mass is 440 g/mol. The fourth-order valence-corrected chi connectivity index (χ4v) is 4.72. The Bertz CT molecular complexity index is 1170. The van der Waals surface area contributed by atoms with Crippen LogP contribution in [-0.4, -0.2) is 20.7 Å². The first-order valence-corrected chi connectivity index (χ1v) is 11.7. The van der Waals surface area contributed by atoms with Gasteiger partial charge < -0.3 is 9.88 Å². The van der Waals surface area contributed by atoms with Crippen molar-refractivity contribution in [2.75, 3.05) is 5.32 Å². The highest BCUT2D eigenvalue weighted by atomic mass is 32.2. The Morgan fingerprint density at radius 3 is 2.19 bits per heavy atom. The SMILES string of the molecule is O=C(Nc1ccccc1)C(Sc1nnc(C2CC2)n1Cc1ccccc1)c1ccccc1. The van der Waals surface area contributed by atoms with Gasteiger partial charge in [0.15, 0.2) is 5.16 Å². The molecule has 3 aromatic carbocycles. The van der Waals surface area contributed by atoms with Gasteiger partial charge in [0.25, 0.3) is 0 Å². The molecule has 0 radical (unpaired) electrons. The van der Waals surface area contributed by atoms with Crippen LogP contribution in [0.3, 0.4) is 0 Å². The van der Waals surface area contributed by atoms with Gasteiger partial charge in [-0.15, -0.1) is 10.2 Å². The van der Waals surface area contributed by atoms with Crippen molar-refractivity contribution in [3.8, 4) is 0 Å². The van der Waals surface area contributed by atoms with Crippen molar-refractivity contribution in [1.29, 1.82) is 0 Å². The normalized spacial score (nSPS) is 14.1. The van der Waals surface area contributed by atoms with Crippen LogP contribution in [0.25, 0.3) is 0 Å². The van der Waals surface area contributed by atoms with Gasteiger partial charge in [-0.3, -0.25) is 4.79 Å². The fraction of sp³-hybridized carbons (Fsp3) is 0.192. The summed E-state index contributed by atoms with van der Waals surface area (Å²) in [5, 5.41) is 12.4. The number of rotatable bonds is 8. The van der Waals surface area contributed by atoms with Crippen LogP contribution in [0.2, 0.25) is 0 Å². The molecule has 1 heterocycles. The van der Waals surface area contributed by atoms with Gasteiger partial charge in [-0.1, -0.05) is 90.6 Å². The Kier molecular flexibility index (Phi) is 6.03. The maximum atomic E-state index is 13.4. The van der Waals surface area contributed by atoms with Crippen LogP contribution < -0.4 is 5.32 Å². The molecule has 1 aliphatic carbocycles. The summed E-state index contributed by atoms with van der Waals surface area (Å²) in [6.45, 7) is 0.698. The molecule has 1 N–H and O–H groups in total. The molecule has 0 bridgehead atoms. The standard InChI is InChI=1S/C26H24N4OS/c31-25(27-22-14-8-3-9-15-22)23(20-12-6-2-7-13-20)32-26-29-28-24(21-16-17-21)30(26)18-19-10-4-1-5-11-19/h1-15,21,23H,16-18H2,(H,27,31). The largest absolute Gasteiger partial charge is 0.325 e. The van der Waals surface area contributed by atoms with Crippen LogP contribution in [0, 0.1) is 0 Å². The number of carbonyl (C=O) groups is 1. The van der Waals surface area contributed by atoms with E-state index in [1.165, 1.54) is 17.3 Å². The van der Waals surface area contributed by atoms with Crippen LogP contribution in [0.15, 0.2) is 96.2 Å². The van der Waals surface area contributed by atoms with Crippen LogP contribution in [0.5, 0.6) is 0 Å². The number of anilines is 1. The molecule has 1 saturated carbocycles. The van der Waals surface area contributed by atoms with Gasteiger partial charge in [0.2, 0.25) is 5.91 Å². The van der Waals surface area contributed by atoms with Crippen molar-refractivity contribution in [3.63, 3.8) is 0 Å². The van der Waals surface area contributed by atoms with E-state index < -0.39 is 5.25 Å². The summed E-state index contributed by atoms with van der Waals surface area (Å²) in [6.07, 6.45) is 2.29. The molecule has 1 amide bonds. The first-order valence-electron chi connectivity index (χ1n) is 10.8. The van der Waals surface area contributed by atoms with Crippen LogP contribution in [0.1, 0.15) is 41.0 Å². The number of para-hydroxylation sites is 1. The minimum Gasteiger partial charge on any atom is -0.325 e. The maximum absolute atomic E-state index is 13.4. The van der Waals surface area contributed by atoms with Crippen LogP contribution >= 0.6 is 11.8 Å². The fourth-order valence-electron chi connectivity index (χ4n) is 3.68. The second-order valence-corrected chi connectivity index (χ2v) is 9.02. The molecule has 1 fully saturated rings. The lowest BCUT2D eigenvalue weighted by atomic mass is 10.1. The highest BCUT2D eigenvalue weighted by Crippen LogP contribution is 2.42. The van der Waals surface area contributed by atoms with E-state index in [9.17, 15) is 4.79 Å². The number of aromatic nitrogens is 3. The van der Waals surface area contributed by atoms with Gasteiger partial charge in [-0.25, -0.2) is 0 Å². The van der Waals surface area contributed by atoms with Crippen molar-refractivity contribution in [2.45, 2.75) is 35.7 Å². The zero-order valence-electron chi connectivity index (χ0n) is 17.6. The first kappa shape index (κ1) is 20.5. The third kappa shape index (κ3) is 4.75. The zero-order valence-corrected chi connectivity index (χ0v) is 18.4. The lowest BCUT2D eigenvalue weighted by Gasteiger charge is -2.18. The Labute approximate surface area is 191 Å². The van der Waals surface area contributed by atoms with Gasteiger partial charge in [0, 0.05) is 11.6 Å². The number of thioether (sulfide) groups is 1. The average Bonchev–Trinajstić information content (AvgIpc) is 3.61. The summed E-state index contributed by atoms with van der Waals surface area (Å²) in [5.74, 6) is 1.41. The molecule has 5 rings (SSSR count). The topological polar surface area (TPSA) is 59.8 Å². The van der Waals surface area contributed by atoms with Crippen molar-refractivity contribution in [3.05, 3.63) is 108 Å². The lowest BCUT2D eigenvalue weighted by molar-refractivity contribution is -0.115. The van der Waals surface area contributed by atoms with E-state index in [-0.39, 0.29) is 5.91 Å².